The minimum absolute atomic E-state index is 0.356. The van der Waals surface area contributed by atoms with Gasteiger partial charge in [-0.3, -0.25) is 9.80 Å². The van der Waals surface area contributed by atoms with Crippen LogP contribution in [0.2, 0.25) is 0 Å². The van der Waals surface area contributed by atoms with E-state index in [4.69, 9.17) is 11.6 Å². The van der Waals surface area contributed by atoms with Gasteiger partial charge in [-0.25, -0.2) is 8.80 Å². The van der Waals surface area contributed by atoms with Crippen molar-refractivity contribution in [3.8, 4) is 0 Å². The molecule has 1 unspecified atom stereocenters. The Labute approximate surface area is 189 Å². The summed E-state index contributed by atoms with van der Waals surface area (Å²) in [4.78, 5) is 14.0. The Hall–Kier alpha value is -3.00. The van der Waals surface area contributed by atoms with Crippen LogP contribution in [-0.2, 0) is 4.79 Å². The van der Waals surface area contributed by atoms with Crippen LogP contribution in [0.3, 0.4) is 0 Å². The van der Waals surface area contributed by atoms with Crippen LogP contribution in [0.25, 0.3) is 5.70 Å². The molecule has 0 radical (unpaired) electrons. The van der Waals surface area contributed by atoms with E-state index >= 15 is 0 Å². The Balaban J connectivity index is 1.70. The van der Waals surface area contributed by atoms with E-state index in [1.54, 1.807) is 46.8 Å². The molecule has 2 N–H and O–H groups in total. The SMILES string of the molecule is CN1NN(Sc2ccccc2)C(NC(=O)C(Cl)c2ccccc2)=C1c1ccccc1F. The summed E-state index contributed by atoms with van der Waals surface area (Å²) in [5.41, 5.74) is 4.67. The maximum absolute atomic E-state index is 14.7. The Morgan fingerprint density at radius 1 is 1.00 bits per heavy atom. The fourth-order valence-electron chi connectivity index (χ4n) is 3.17. The number of carbonyl (C=O) groups excluding carboxylic acids is 1. The maximum Gasteiger partial charge on any atom is 0.248 e. The molecule has 8 heteroatoms. The predicted molar refractivity (Wildman–Crippen MR) is 122 cm³/mol. The number of halogens is 2. The van der Waals surface area contributed by atoms with E-state index in [1.165, 1.54) is 18.0 Å². The lowest BCUT2D eigenvalue weighted by molar-refractivity contribution is -0.120. The van der Waals surface area contributed by atoms with E-state index in [-0.39, 0.29) is 0 Å². The van der Waals surface area contributed by atoms with Gasteiger partial charge in [-0.05, 0) is 29.8 Å². The van der Waals surface area contributed by atoms with Gasteiger partial charge in [-0.2, -0.15) is 0 Å². The van der Waals surface area contributed by atoms with E-state index in [1.807, 2.05) is 48.5 Å². The van der Waals surface area contributed by atoms with E-state index in [0.717, 1.165) is 4.90 Å². The van der Waals surface area contributed by atoms with Crippen molar-refractivity contribution in [1.29, 1.82) is 0 Å². The average Bonchev–Trinajstić information content (AvgIpc) is 3.09. The Bertz CT molecular complexity index is 1100. The van der Waals surface area contributed by atoms with Crippen molar-refractivity contribution in [3.05, 3.63) is 108 Å². The summed E-state index contributed by atoms with van der Waals surface area (Å²) < 4.78 is 16.3. The number of hydrazine groups is 2. The van der Waals surface area contributed by atoms with Gasteiger partial charge in [0.1, 0.15) is 16.9 Å². The van der Waals surface area contributed by atoms with Gasteiger partial charge in [0.15, 0.2) is 5.82 Å². The molecule has 3 aromatic rings. The first-order valence-electron chi connectivity index (χ1n) is 9.57. The molecule has 0 spiro atoms. The molecule has 0 bridgehead atoms. The molecule has 3 aromatic carbocycles. The summed E-state index contributed by atoms with van der Waals surface area (Å²) in [5, 5.41) is 3.66. The lowest BCUT2D eigenvalue weighted by Crippen LogP contribution is -2.38. The van der Waals surface area contributed by atoms with Crippen LogP contribution in [-0.4, -0.2) is 22.4 Å². The van der Waals surface area contributed by atoms with Crippen molar-refractivity contribution in [2.75, 3.05) is 7.05 Å². The summed E-state index contributed by atoms with van der Waals surface area (Å²) >= 11 is 7.80. The van der Waals surface area contributed by atoms with E-state index in [2.05, 4.69) is 10.9 Å². The molecule has 5 nitrogen and oxygen atoms in total. The number of carbonyl (C=O) groups is 1. The molecule has 1 aliphatic rings. The topological polar surface area (TPSA) is 47.6 Å². The smallest absolute Gasteiger partial charge is 0.248 e. The first-order chi connectivity index (χ1) is 15.0. The number of nitrogens with one attached hydrogen (secondary N) is 2. The van der Waals surface area contributed by atoms with Crippen molar-refractivity contribution < 1.29 is 9.18 Å². The molecule has 1 amide bonds. The van der Waals surface area contributed by atoms with Crippen molar-refractivity contribution in [2.24, 2.45) is 0 Å². The Morgan fingerprint density at radius 3 is 2.29 bits per heavy atom. The first-order valence-corrected chi connectivity index (χ1v) is 10.8. The summed E-state index contributed by atoms with van der Waals surface area (Å²) in [6.07, 6.45) is 0. The highest BCUT2D eigenvalue weighted by molar-refractivity contribution is 7.97. The molecule has 0 saturated heterocycles. The highest BCUT2D eigenvalue weighted by Gasteiger charge is 2.33. The van der Waals surface area contributed by atoms with Crippen LogP contribution in [0, 0.1) is 5.82 Å². The lowest BCUT2D eigenvalue weighted by Gasteiger charge is -2.22. The van der Waals surface area contributed by atoms with Crippen molar-refractivity contribution >= 4 is 35.2 Å². The summed E-state index contributed by atoms with van der Waals surface area (Å²) in [7, 11) is 1.76. The maximum atomic E-state index is 14.7. The first kappa shape index (κ1) is 21.2. The average molecular weight is 455 g/mol. The molecule has 4 rings (SSSR count). The van der Waals surface area contributed by atoms with Gasteiger partial charge in [0.25, 0.3) is 0 Å². The number of hydrogen-bond acceptors (Lipinski definition) is 5. The largest absolute Gasteiger partial charge is 0.307 e. The summed E-state index contributed by atoms with van der Waals surface area (Å²) in [6, 6.07) is 25.2. The molecule has 0 fully saturated rings. The van der Waals surface area contributed by atoms with Gasteiger partial charge < -0.3 is 5.32 Å². The second-order valence-electron chi connectivity index (χ2n) is 6.80. The predicted octanol–water partition coefficient (Wildman–Crippen LogP) is 4.92. The zero-order chi connectivity index (χ0) is 21.8. The minimum Gasteiger partial charge on any atom is -0.307 e. The van der Waals surface area contributed by atoms with Crippen LogP contribution in [0.5, 0.6) is 0 Å². The zero-order valence-electron chi connectivity index (χ0n) is 16.6. The molecule has 1 heterocycles. The fraction of sp³-hybridized carbons (Fsp3) is 0.0870. The summed E-state index contributed by atoms with van der Waals surface area (Å²) in [5.74, 6) is -0.407. The van der Waals surface area contributed by atoms with Crippen molar-refractivity contribution in [1.82, 2.24) is 20.3 Å². The molecule has 158 valence electrons. The van der Waals surface area contributed by atoms with Crippen LogP contribution in [0.1, 0.15) is 16.5 Å². The highest BCUT2D eigenvalue weighted by Crippen LogP contribution is 2.35. The van der Waals surface area contributed by atoms with Gasteiger partial charge in [0, 0.05) is 29.5 Å². The van der Waals surface area contributed by atoms with Crippen LogP contribution >= 0.6 is 23.5 Å². The zero-order valence-corrected chi connectivity index (χ0v) is 18.2. The van der Waals surface area contributed by atoms with E-state index in [9.17, 15) is 9.18 Å². The monoisotopic (exact) mass is 454 g/mol. The van der Waals surface area contributed by atoms with Crippen LogP contribution in [0.4, 0.5) is 4.39 Å². The van der Waals surface area contributed by atoms with Gasteiger partial charge in [0.05, 0.1) is 0 Å². The second-order valence-corrected chi connectivity index (χ2v) is 8.25. The number of amides is 1. The van der Waals surface area contributed by atoms with Gasteiger partial charge in [0.2, 0.25) is 5.91 Å². The van der Waals surface area contributed by atoms with E-state index in [0.29, 0.717) is 22.6 Å². The van der Waals surface area contributed by atoms with Crippen molar-refractivity contribution in [2.45, 2.75) is 10.3 Å². The fourth-order valence-corrected chi connectivity index (χ4v) is 4.25. The molecule has 0 aliphatic carbocycles. The number of rotatable bonds is 6. The molecular weight excluding hydrogens is 435 g/mol. The third kappa shape index (κ3) is 4.69. The third-order valence-corrected chi connectivity index (χ3v) is 6.02. The molecule has 31 heavy (non-hydrogen) atoms. The minimum atomic E-state index is -0.898. The quantitative estimate of drug-likeness (QED) is 0.409. The van der Waals surface area contributed by atoms with Gasteiger partial charge in [-0.15, -0.1) is 17.1 Å². The summed E-state index contributed by atoms with van der Waals surface area (Å²) in [6.45, 7) is 0. The Kier molecular flexibility index (Phi) is 6.46. The number of alkyl halides is 1. The van der Waals surface area contributed by atoms with E-state index < -0.39 is 17.1 Å². The van der Waals surface area contributed by atoms with Crippen molar-refractivity contribution in [3.63, 3.8) is 0 Å². The van der Waals surface area contributed by atoms with Crippen LogP contribution < -0.4 is 10.9 Å². The van der Waals surface area contributed by atoms with Gasteiger partial charge in [-0.1, -0.05) is 60.7 Å². The Morgan fingerprint density at radius 2 is 1.61 bits per heavy atom. The molecule has 1 atom stereocenters. The number of benzene rings is 3. The van der Waals surface area contributed by atoms with Crippen LogP contribution in [0.15, 0.2) is 95.6 Å². The van der Waals surface area contributed by atoms with Gasteiger partial charge >= 0.3 is 0 Å². The molecule has 0 aromatic heterocycles. The third-order valence-electron chi connectivity index (χ3n) is 4.64. The normalized spacial score (nSPS) is 14.7. The second kappa shape index (κ2) is 9.43. The highest BCUT2D eigenvalue weighted by atomic mass is 35.5. The number of hydrogen-bond donors (Lipinski definition) is 2. The molecule has 0 saturated carbocycles. The molecular formula is C23H20ClFN4OS. The lowest BCUT2D eigenvalue weighted by atomic mass is 10.1. The standard InChI is InChI=1S/C23H20ClFN4OS/c1-28-21(18-14-8-9-15-19(18)25)22(29(27-28)31-17-12-6-3-7-13-17)26-23(30)20(24)16-10-4-2-5-11-16/h2-15,20,27H,1H3,(H,26,30). The molecule has 1 aliphatic heterocycles. The number of nitrogens with zero attached hydrogens (tertiary/aromatic N) is 2.